The van der Waals surface area contributed by atoms with E-state index in [-0.39, 0.29) is 6.10 Å². The van der Waals surface area contributed by atoms with Gasteiger partial charge in [-0.2, -0.15) is 0 Å². The zero-order chi connectivity index (χ0) is 12.3. The number of rotatable bonds is 5. The molecule has 0 aromatic heterocycles. The van der Waals surface area contributed by atoms with Gasteiger partial charge in [0, 0.05) is 25.2 Å². The van der Waals surface area contributed by atoms with Gasteiger partial charge in [-0.25, -0.2) is 0 Å². The number of hydrogen-bond donors (Lipinski definition) is 1. The molecule has 1 fully saturated rings. The summed E-state index contributed by atoms with van der Waals surface area (Å²) in [6, 6.07) is 3.61. The van der Waals surface area contributed by atoms with Crippen LogP contribution in [0.15, 0.2) is 12.1 Å². The number of methoxy groups -OCH3 is 3. The lowest BCUT2D eigenvalue weighted by Crippen LogP contribution is -2.50. The largest absolute Gasteiger partial charge is 0.493 e. The first-order valence-electron chi connectivity index (χ1n) is 5.46. The van der Waals surface area contributed by atoms with Gasteiger partial charge in [-0.1, -0.05) is 0 Å². The second-order valence-corrected chi connectivity index (χ2v) is 3.76. The molecule has 0 aliphatic carbocycles. The highest BCUT2D eigenvalue weighted by molar-refractivity contribution is 5.55. The SMILES string of the molecule is COc1cc(OC2CNC2)cc(OC)c1OC. The van der Waals surface area contributed by atoms with Crippen molar-refractivity contribution in [1.29, 1.82) is 0 Å². The number of ether oxygens (including phenoxy) is 4. The summed E-state index contributed by atoms with van der Waals surface area (Å²) in [5.41, 5.74) is 0. The first-order valence-corrected chi connectivity index (χ1v) is 5.46. The summed E-state index contributed by atoms with van der Waals surface area (Å²) in [6.07, 6.45) is 0.220. The fraction of sp³-hybridized carbons (Fsp3) is 0.500. The normalized spacial score (nSPS) is 15.0. The topological polar surface area (TPSA) is 49.0 Å². The molecule has 17 heavy (non-hydrogen) atoms. The van der Waals surface area contributed by atoms with Crippen molar-refractivity contribution in [2.45, 2.75) is 6.10 Å². The molecular formula is C12H17NO4. The van der Waals surface area contributed by atoms with Crippen molar-refractivity contribution >= 4 is 0 Å². The molecule has 5 heteroatoms. The van der Waals surface area contributed by atoms with Gasteiger partial charge in [-0.15, -0.1) is 0 Å². The van der Waals surface area contributed by atoms with Gasteiger partial charge in [-0.05, 0) is 0 Å². The second kappa shape index (κ2) is 5.14. The Morgan fingerprint density at radius 3 is 1.94 bits per heavy atom. The van der Waals surface area contributed by atoms with E-state index in [1.807, 2.05) is 0 Å². The Balaban J connectivity index is 2.26. The molecule has 1 saturated heterocycles. The van der Waals surface area contributed by atoms with E-state index in [1.54, 1.807) is 33.5 Å². The molecule has 0 bridgehead atoms. The van der Waals surface area contributed by atoms with Crippen LogP contribution >= 0.6 is 0 Å². The Morgan fingerprint density at radius 2 is 1.59 bits per heavy atom. The fourth-order valence-electron chi connectivity index (χ4n) is 1.66. The van der Waals surface area contributed by atoms with Crippen molar-refractivity contribution in [3.63, 3.8) is 0 Å². The van der Waals surface area contributed by atoms with E-state index in [0.717, 1.165) is 18.8 Å². The number of nitrogens with one attached hydrogen (secondary N) is 1. The molecule has 5 nitrogen and oxygen atoms in total. The van der Waals surface area contributed by atoms with Crippen molar-refractivity contribution in [3.05, 3.63) is 12.1 Å². The maximum Gasteiger partial charge on any atom is 0.203 e. The van der Waals surface area contributed by atoms with Gasteiger partial charge in [0.1, 0.15) is 11.9 Å². The Kier molecular flexibility index (Phi) is 3.58. The van der Waals surface area contributed by atoms with Crippen LogP contribution in [0.1, 0.15) is 0 Å². The van der Waals surface area contributed by atoms with Crippen LogP contribution in [0.5, 0.6) is 23.0 Å². The molecule has 2 rings (SSSR count). The first-order chi connectivity index (χ1) is 8.28. The van der Waals surface area contributed by atoms with E-state index in [9.17, 15) is 0 Å². The van der Waals surface area contributed by atoms with Gasteiger partial charge >= 0.3 is 0 Å². The third-order valence-corrected chi connectivity index (χ3v) is 2.69. The first kappa shape index (κ1) is 11.9. The molecule has 1 N–H and O–H groups in total. The minimum atomic E-state index is 0.220. The van der Waals surface area contributed by atoms with Gasteiger partial charge in [0.05, 0.1) is 21.3 Å². The number of hydrogen-bond acceptors (Lipinski definition) is 5. The molecule has 0 unspecified atom stereocenters. The van der Waals surface area contributed by atoms with Crippen LogP contribution in [0.4, 0.5) is 0 Å². The van der Waals surface area contributed by atoms with Crippen LogP contribution in [0.25, 0.3) is 0 Å². The van der Waals surface area contributed by atoms with Gasteiger partial charge in [0.2, 0.25) is 5.75 Å². The van der Waals surface area contributed by atoms with Gasteiger partial charge in [0.25, 0.3) is 0 Å². The lowest BCUT2D eigenvalue weighted by molar-refractivity contribution is 0.141. The van der Waals surface area contributed by atoms with E-state index in [0.29, 0.717) is 17.2 Å². The molecule has 1 aliphatic rings. The van der Waals surface area contributed by atoms with Crippen LogP contribution in [0.2, 0.25) is 0 Å². The van der Waals surface area contributed by atoms with E-state index < -0.39 is 0 Å². The second-order valence-electron chi connectivity index (χ2n) is 3.76. The highest BCUT2D eigenvalue weighted by Crippen LogP contribution is 2.41. The highest BCUT2D eigenvalue weighted by Gasteiger charge is 2.20. The molecule has 0 spiro atoms. The van der Waals surface area contributed by atoms with Crippen molar-refractivity contribution in [2.24, 2.45) is 0 Å². The molecule has 94 valence electrons. The number of benzene rings is 1. The Bertz CT molecular complexity index is 365. The van der Waals surface area contributed by atoms with E-state index in [1.165, 1.54) is 0 Å². The predicted octanol–water partition coefficient (Wildman–Crippen LogP) is 1.06. The molecular weight excluding hydrogens is 222 g/mol. The average Bonchev–Trinajstić information content (AvgIpc) is 2.32. The average molecular weight is 239 g/mol. The molecule has 1 heterocycles. The van der Waals surface area contributed by atoms with Crippen molar-refractivity contribution < 1.29 is 18.9 Å². The van der Waals surface area contributed by atoms with E-state index >= 15 is 0 Å². The van der Waals surface area contributed by atoms with E-state index in [4.69, 9.17) is 18.9 Å². The fourth-order valence-corrected chi connectivity index (χ4v) is 1.66. The van der Waals surface area contributed by atoms with Crippen LogP contribution in [-0.2, 0) is 0 Å². The highest BCUT2D eigenvalue weighted by atomic mass is 16.5. The minimum Gasteiger partial charge on any atom is -0.493 e. The molecule has 0 radical (unpaired) electrons. The maximum atomic E-state index is 5.76. The van der Waals surface area contributed by atoms with Gasteiger partial charge < -0.3 is 24.3 Å². The standard InChI is InChI=1S/C12H17NO4/c1-14-10-4-8(17-9-6-13-7-9)5-11(15-2)12(10)16-3/h4-5,9,13H,6-7H2,1-3H3. The molecule has 0 amide bonds. The molecule has 0 atom stereocenters. The predicted molar refractivity (Wildman–Crippen MR) is 63.4 cm³/mol. The van der Waals surface area contributed by atoms with Crippen molar-refractivity contribution in [2.75, 3.05) is 34.4 Å². The smallest absolute Gasteiger partial charge is 0.203 e. The zero-order valence-corrected chi connectivity index (χ0v) is 10.3. The minimum absolute atomic E-state index is 0.220. The Labute approximate surface area is 101 Å². The Morgan fingerprint density at radius 1 is 1.00 bits per heavy atom. The summed E-state index contributed by atoms with van der Waals surface area (Å²) < 4.78 is 21.5. The third kappa shape index (κ3) is 2.39. The summed E-state index contributed by atoms with van der Waals surface area (Å²) in [5, 5.41) is 3.15. The third-order valence-electron chi connectivity index (χ3n) is 2.69. The molecule has 0 saturated carbocycles. The quantitative estimate of drug-likeness (QED) is 0.832. The Hall–Kier alpha value is -1.62. The van der Waals surface area contributed by atoms with Crippen LogP contribution in [0.3, 0.4) is 0 Å². The van der Waals surface area contributed by atoms with Crippen LogP contribution in [0, 0.1) is 0 Å². The summed E-state index contributed by atoms with van der Waals surface area (Å²) >= 11 is 0. The van der Waals surface area contributed by atoms with Gasteiger partial charge in [0.15, 0.2) is 11.5 Å². The monoisotopic (exact) mass is 239 g/mol. The lowest BCUT2D eigenvalue weighted by atomic mass is 10.2. The summed E-state index contributed by atoms with van der Waals surface area (Å²) in [7, 11) is 4.76. The molecule has 1 aliphatic heterocycles. The van der Waals surface area contributed by atoms with Gasteiger partial charge in [-0.3, -0.25) is 0 Å². The van der Waals surface area contributed by atoms with Crippen molar-refractivity contribution in [1.82, 2.24) is 5.32 Å². The van der Waals surface area contributed by atoms with Crippen molar-refractivity contribution in [3.8, 4) is 23.0 Å². The lowest BCUT2D eigenvalue weighted by Gasteiger charge is -2.28. The molecule has 1 aromatic carbocycles. The zero-order valence-electron chi connectivity index (χ0n) is 10.3. The molecule has 1 aromatic rings. The van der Waals surface area contributed by atoms with E-state index in [2.05, 4.69) is 5.32 Å². The summed E-state index contributed by atoms with van der Waals surface area (Å²) in [5.74, 6) is 2.52. The maximum absolute atomic E-state index is 5.76. The summed E-state index contributed by atoms with van der Waals surface area (Å²) in [4.78, 5) is 0. The van der Waals surface area contributed by atoms with Crippen LogP contribution < -0.4 is 24.3 Å². The summed E-state index contributed by atoms with van der Waals surface area (Å²) in [6.45, 7) is 1.74. The van der Waals surface area contributed by atoms with Crippen LogP contribution in [-0.4, -0.2) is 40.5 Å².